The van der Waals surface area contributed by atoms with E-state index in [1.54, 1.807) is 0 Å². The van der Waals surface area contributed by atoms with E-state index in [0.29, 0.717) is 12.1 Å². The zero-order valence-electron chi connectivity index (χ0n) is 14.3. The van der Waals surface area contributed by atoms with Crippen molar-refractivity contribution in [2.24, 2.45) is 0 Å². The van der Waals surface area contributed by atoms with Gasteiger partial charge in [-0.2, -0.15) is 5.10 Å². The van der Waals surface area contributed by atoms with Crippen LogP contribution in [0.3, 0.4) is 0 Å². The number of fused-ring (bicyclic) bond motifs is 1. The van der Waals surface area contributed by atoms with Gasteiger partial charge in [-0.25, -0.2) is 9.67 Å². The SMILES string of the molecule is CC(C)n1ncc2cc(CN(CCO)C3CCCCC3)cnc21. The van der Waals surface area contributed by atoms with Gasteiger partial charge in [0.15, 0.2) is 5.65 Å². The third-order valence-corrected chi connectivity index (χ3v) is 4.84. The van der Waals surface area contributed by atoms with Crippen molar-refractivity contribution in [2.45, 2.75) is 64.6 Å². The largest absolute Gasteiger partial charge is 0.395 e. The Morgan fingerprint density at radius 1 is 1.26 bits per heavy atom. The molecule has 0 amide bonds. The molecule has 0 aromatic carbocycles. The molecular formula is C18H28N4O. The van der Waals surface area contributed by atoms with E-state index in [1.165, 1.54) is 37.7 Å². The van der Waals surface area contributed by atoms with Crippen molar-refractivity contribution in [1.29, 1.82) is 0 Å². The molecule has 3 rings (SSSR count). The fourth-order valence-electron chi connectivity index (χ4n) is 3.65. The summed E-state index contributed by atoms with van der Waals surface area (Å²) < 4.78 is 1.96. The van der Waals surface area contributed by atoms with Crippen LogP contribution < -0.4 is 0 Å². The lowest BCUT2D eigenvalue weighted by atomic mass is 9.94. The fourth-order valence-corrected chi connectivity index (χ4v) is 3.65. The lowest BCUT2D eigenvalue weighted by Gasteiger charge is -2.33. The van der Waals surface area contributed by atoms with Gasteiger partial charge < -0.3 is 5.11 Å². The van der Waals surface area contributed by atoms with Gasteiger partial charge in [0.25, 0.3) is 0 Å². The molecule has 0 bridgehead atoms. The summed E-state index contributed by atoms with van der Waals surface area (Å²) in [5.74, 6) is 0. The highest BCUT2D eigenvalue weighted by Gasteiger charge is 2.21. The van der Waals surface area contributed by atoms with Gasteiger partial charge in [0, 0.05) is 36.8 Å². The third kappa shape index (κ3) is 3.72. The number of nitrogens with zero attached hydrogens (tertiary/aromatic N) is 4. The first-order valence-electron chi connectivity index (χ1n) is 8.86. The summed E-state index contributed by atoms with van der Waals surface area (Å²) in [6, 6.07) is 3.12. The number of aliphatic hydroxyl groups excluding tert-OH is 1. The van der Waals surface area contributed by atoms with E-state index in [1.807, 2.05) is 17.1 Å². The standard InChI is InChI=1S/C18H28N4O/c1-14(2)22-18-16(12-20-22)10-15(11-19-18)13-21(8-9-23)17-6-4-3-5-7-17/h10-12,14,17,23H,3-9,13H2,1-2H3. The number of hydrogen-bond acceptors (Lipinski definition) is 4. The molecule has 5 heteroatoms. The van der Waals surface area contributed by atoms with E-state index in [4.69, 9.17) is 0 Å². The molecule has 0 aliphatic heterocycles. The van der Waals surface area contributed by atoms with Crippen LogP contribution in [0.5, 0.6) is 0 Å². The average Bonchev–Trinajstić information content (AvgIpc) is 2.98. The van der Waals surface area contributed by atoms with Gasteiger partial charge in [0.2, 0.25) is 0 Å². The van der Waals surface area contributed by atoms with E-state index in [0.717, 1.165) is 24.1 Å². The minimum Gasteiger partial charge on any atom is -0.395 e. The highest BCUT2D eigenvalue weighted by molar-refractivity contribution is 5.75. The molecule has 5 nitrogen and oxygen atoms in total. The Hall–Kier alpha value is -1.46. The number of aromatic nitrogens is 3. The van der Waals surface area contributed by atoms with Crippen molar-refractivity contribution in [3.63, 3.8) is 0 Å². The predicted octanol–water partition coefficient (Wildman–Crippen LogP) is 3.14. The summed E-state index contributed by atoms with van der Waals surface area (Å²) in [4.78, 5) is 7.06. The van der Waals surface area contributed by atoms with Crippen molar-refractivity contribution in [2.75, 3.05) is 13.2 Å². The van der Waals surface area contributed by atoms with Crippen molar-refractivity contribution < 1.29 is 5.11 Å². The van der Waals surface area contributed by atoms with Crippen molar-refractivity contribution in [3.05, 3.63) is 24.0 Å². The minimum atomic E-state index is 0.220. The third-order valence-electron chi connectivity index (χ3n) is 4.84. The van der Waals surface area contributed by atoms with Crippen LogP contribution in [0.2, 0.25) is 0 Å². The van der Waals surface area contributed by atoms with E-state index < -0.39 is 0 Å². The summed E-state index contributed by atoms with van der Waals surface area (Å²) >= 11 is 0. The molecule has 2 aromatic heterocycles. The van der Waals surface area contributed by atoms with Crippen molar-refractivity contribution in [1.82, 2.24) is 19.7 Å². The summed E-state index contributed by atoms with van der Waals surface area (Å²) in [5.41, 5.74) is 2.16. The molecule has 1 N–H and O–H groups in total. The van der Waals surface area contributed by atoms with Gasteiger partial charge in [-0.15, -0.1) is 0 Å². The fraction of sp³-hybridized carbons (Fsp3) is 0.667. The number of pyridine rings is 1. The Morgan fingerprint density at radius 3 is 2.74 bits per heavy atom. The molecule has 0 radical (unpaired) electrons. The lowest BCUT2D eigenvalue weighted by molar-refractivity contribution is 0.117. The van der Waals surface area contributed by atoms with Crippen LogP contribution in [0, 0.1) is 0 Å². The molecule has 1 fully saturated rings. The Bertz CT molecular complexity index is 631. The number of hydrogen-bond donors (Lipinski definition) is 1. The number of aliphatic hydroxyl groups is 1. The molecule has 0 unspecified atom stereocenters. The second-order valence-electron chi connectivity index (χ2n) is 6.93. The summed E-state index contributed by atoms with van der Waals surface area (Å²) in [7, 11) is 0. The topological polar surface area (TPSA) is 54.2 Å². The van der Waals surface area contributed by atoms with Crippen LogP contribution >= 0.6 is 0 Å². The Kier molecular flexibility index (Phi) is 5.28. The average molecular weight is 316 g/mol. The monoisotopic (exact) mass is 316 g/mol. The summed E-state index contributed by atoms with van der Waals surface area (Å²) in [6.07, 6.45) is 10.3. The summed E-state index contributed by atoms with van der Waals surface area (Å²) in [5, 5.41) is 15.0. The molecule has 1 aliphatic carbocycles. The first-order chi connectivity index (χ1) is 11.2. The van der Waals surface area contributed by atoms with Crippen LogP contribution in [0.15, 0.2) is 18.5 Å². The zero-order valence-corrected chi connectivity index (χ0v) is 14.3. The van der Waals surface area contributed by atoms with Gasteiger partial charge in [-0.05, 0) is 38.3 Å². The molecule has 1 aliphatic rings. The Balaban J connectivity index is 1.78. The highest BCUT2D eigenvalue weighted by atomic mass is 16.3. The molecule has 23 heavy (non-hydrogen) atoms. The molecule has 0 atom stereocenters. The summed E-state index contributed by atoms with van der Waals surface area (Å²) in [6.45, 7) is 6.06. The van der Waals surface area contributed by atoms with E-state index in [2.05, 4.69) is 34.9 Å². The van der Waals surface area contributed by atoms with Crippen LogP contribution in [0.25, 0.3) is 11.0 Å². The molecule has 0 saturated heterocycles. The maximum absolute atomic E-state index is 9.41. The minimum absolute atomic E-state index is 0.220. The first-order valence-corrected chi connectivity index (χ1v) is 8.86. The first kappa shape index (κ1) is 16.4. The van der Waals surface area contributed by atoms with Gasteiger partial charge in [-0.1, -0.05) is 19.3 Å². The smallest absolute Gasteiger partial charge is 0.157 e. The maximum Gasteiger partial charge on any atom is 0.157 e. The second-order valence-corrected chi connectivity index (χ2v) is 6.93. The zero-order chi connectivity index (χ0) is 16.2. The molecule has 1 saturated carbocycles. The van der Waals surface area contributed by atoms with E-state index in [9.17, 15) is 5.11 Å². The van der Waals surface area contributed by atoms with Crippen LogP contribution in [0.4, 0.5) is 0 Å². The quantitative estimate of drug-likeness (QED) is 0.889. The van der Waals surface area contributed by atoms with Gasteiger partial charge in [0.05, 0.1) is 12.8 Å². The van der Waals surface area contributed by atoms with E-state index in [-0.39, 0.29) is 6.61 Å². The van der Waals surface area contributed by atoms with Crippen LogP contribution in [0.1, 0.15) is 57.6 Å². The lowest BCUT2D eigenvalue weighted by Crippen LogP contribution is -2.38. The Labute approximate surface area is 138 Å². The maximum atomic E-state index is 9.41. The molecular weight excluding hydrogens is 288 g/mol. The number of rotatable bonds is 6. The predicted molar refractivity (Wildman–Crippen MR) is 92.3 cm³/mol. The van der Waals surface area contributed by atoms with Gasteiger partial charge >= 0.3 is 0 Å². The van der Waals surface area contributed by atoms with Crippen molar-refractivity contribution in [3.8, 4) is 0 Å². The van der Waals surface area contributed by atoms with Crippen LogP contribution in [-0.2, 0) is 6.54 Å². The van der Waals surface area contributed by atoms with Crippen LogP contribution in [-0.4, -0.2) is 44.0 Å². The normalized spacial score (nSPS) is 16.7. The van der Waals surface area contributed by atoms with Gasteiger partial charge in [0.1, 0.15) is 0 Å². The van der Waals surface area contributed by atoms with Crippen molar-refractivity contribution >= 4 is 11.0 Å². The van der Waals surface area contributed by atoms with Gasteiger partial charge in [-0.3, -0.25) is 4.90 Å². The highest BCUT2D eigenvalue weighted by Crippen LogP contribution is 2.24. The van der Waals surface area contributed by atoms with E-state index >= 15 is 0 Å². The Morgan fingerprint density at radius 2 is 2.04 bits per heavy atom. The second kappa shape index (κ2) is 7.41. The molecule has 0 spiro atoms. The molecule has 2 aromatic rings. The molecule has 126 valence electrons. The molecule has 2 heterocycles.